The number of nitrogens with one attached hydrogen (secondary N) is 1. The maximum atomic E-state index is 5.27. The highest BCUT2D eigenvalue weighted by Gasteiger charge is 2.37. The third kappa shape index (κ3) is 2.05. The van der Waals surface area contributed by atoms with Crippen molar-refractivity contribution in [2.75, 3.05) is 25.5 Å². The quantitative estimate of drug-likeness (QED) is 0.942. The van der Waals surface area contributed by atoms with Crippen LogP contribution in [0.4, 0.5) is 5.13 Å². The number of anilines is 1. The van der Waals surface area contributed by atoms with Crippen LogP contribution < -0.4 is 10.1 Å². The fourth-order valence-corrected chi connectivity index (χ4v) is 4.46. The topological polar surface area (TPSA) is 37.4 Å². The number of hydrogen-bond donors (Lipinski definition) is 1. The molecule has 5 heteroatoms. The van der Waals surface area contributed by atoms with Gasteiger partial charge >= 0.3 is 0 Å². The highest BCUT2D eigenvalue weighted by atomic mass is 32.1. The van der Waals surface area contributed by atoms with E-state index in [1.54, 1.807) is 18.4 Å². The van der Waals surface area contributed by atoms with Crippen molar-refractivity contribution in [3.05, 3.63) is 18.2 Å². The van der Waals surface area contributed by atoms with Gasteiger partial charge in [-0.15, -0.1) is 0 Å². The van der Waals surface area contributed by atoms with E-state index in [-0.39, 0.29) is 0 Å². The number of rotatable bonds is 3. The van der Waals surface area contributed by atoms with Gasteiger partial charge in [-0.2, -0.15) is 0 Å². The average Bonchev–Trinajstić information content (AvgIpc) is 3.14. The summed E-state index contributed by atoms with van der Waals surface area (Å²) in [5.41, 5.74) is 1.06. The molecule has 0 radical (unpaired) electrons. The second-order valence-corrected chi connectivity index (χ2v) is 6.67. The van der Waals surface area contributed by atoms with Gasteiger partial charge in [0.2, 0.25) is 0 Å². The molecule has 0 bridgehead atoms. The Morgan fingerprint density at radius 3 is 3.20 bits per heavy atom. The van der Waals surface area contributed by atoms with Gasteiger partial charge < -0.3 is 10.1 Å². The van der Waals surface area contributed by atoms with Crippen molar-refractivity contribution in [1.29, 1.82) is 0 Å². The second kappa shape index (κ2) is 4.90. The van der Waals surface area contributed by atoms with Crippen molar-refractivity contribution in [2.24, 2.45) is 0 Å². The fraction of sp³-hybridized carbons (Fsp3) is 0.533. The van der Waals surface area contributed by atoms with Crippen molar-refractivity contribution < 1.29 is 4.74 Å². The molecule has 2 unspecified atom stereocenters. The van der Waals surface area contributed by atoms with Crippen molar-refractivity contribution in [2.45, 2.75) is 31.3 Å². The molecule has 2 saturated heterocycles. The molecule has 106 valence electrons. The first-order valence-corrected chi connectivity index (χ1v) is 8.10. The molecular formula is C15H19N3OS. The Morgan fingerprint density at radius 2 is 2.30 bits per heavy atom. The third-order valence-corrected chi connectivity index (χ3v) is 5.46. The van der Waals surface area contributed by atoms with E-state index in [4.69, 9.17) is 9.72 Å². The SMILES string of the molecule is COc1ccc2nc(NC3CCN4CCCC34)sc2c1. The summed E-state index contributed by atoms with van der Waals surface area (Å²) in [6.45, 7) is 2.51. The first kappa shape index (κ1) is 12.4. The Labute approximate surface area is 122 Å². The molecule has 4 rings (SSSR count). The van der Waals surface area contributed by atoms with Crippen LogP contribution >= 0.6 is 11.3 Å². The molecule has 20 heavy (non-hydrogen) atoms. The summed E-state index contributed by atoms with van der Waals surface area (Å²) >= 11 is 1.73. The molecule has 2 aliphatic rings. The molecule has 2 aliphatic heterocycles. The van der Waals surface area contributed by atoms with Crippen LogP contribution in [0.5, 0.6) is 5.75 Å². The lowest BCUT2D eigenvalue weighted by molar-refractivity contribution is 0.318. The Hall–Kier alpha value is -1.33. The molecule has 4 nitrogen and oxygen atoms in total. The molecule has 1 aromatic carbocycles. The normalized spacial score (nSPS) is 26.1. The van der Waals surface area contributed by atoms with E-state index in [2.05, 4.69) is 16.3 Å². The van der Waals surface area contributed by atoms with Crippen molar-refractivity contribution >= 4 is 26.7 Å². The molecule has 0 amide bonds. The van der Waals surface area contributed by atoms with Crippen LogP contribution in [0.2, 0.25) is 0 Å². The van der Waals surface area contributed by atoms with Crippen LogP contribution in [0.15, 0.2) is 18.2 Å². The van der Waals surface area contributed by atoms with Crippen molar-refractivity contribution in [3.8, 4) is 5.75 Å². The molecule has 0 saturated carbocycles. The Balaban J connectivity index is 1.56. The van der Waals surface area contributed by atoms with Crippen LogP contribution in [-0.2, 0) is 0 Å². The van der Waals surface area contributed by atoms with Crippen LogP contribution in [0, 0.1) is 0 Å². The number of benzene rings is 1. The number of thiazole rings is 1. The lowest BCUT2D eigenvalue weighted by Gasteiger charge is -2.20. The molecule has 2 aromatic rings. The molecule has 2 fully saturated rings. The zero-order valence-electron chi connectivity index (χ0n) is 11.6. The van der Waals surface area contributed by atoms with Crippen molar-refractivity contribution in [3.63, 3.8) is 0 Å². The van der Waals surface area contributed by atoms with Gasteiger partial charge in [0.05, 0.1) is 17.3 Å². The van der Waals surface area contributed by atoms with Crippen molar-refractivity contribution in [1.82, 2.24) is 9.88 Å². The van der Waals surface area contributed by atoms with Crippen LogP contribution in [0.1, 0.15) is 19.3 Å². The maximum absolute atomic E-state index is 5.27. The standard InChI is InChI=1S/C15H19N3OS/c1-19-10-4-5-12-14(9-10)20-15(17-12)16-11-6-8-18-7-2-3-13(11)18/h4-5,9,11,13H,2-3,6-8H2,1H3,(H,16,17). The summed E-state index contributed by atoms with van der Waals surface area (Å²) in [6, 6.07) is 7.36. The van der Waals surface area contributed by atoms with Gasteiger partial charge in [0, 0.05) is 18.6 Å². The van der Waals surface area contributed by atoms with Gasteiger partial charge in [0.25, 0.3) is 0 Å². The predicted octanol–water partition coefficient (Wildman–Crippen LogP) is 2.95. The van der Waals surface area contributed by atoms with Crippen LogP contribution in [0.25, 0.3) is 10.2 Å². The largest absolute Gasteiger partial charge is 0.497 e. The van der Waals surface area contributed by atoms with Gasteiger partial charge in [-0.25, -0.2) is 4.98 Å². The van der Waals surface area contributed by atoms with E-state index >= 15 is 0 Å². The minimum absolute atomic E-state index is 0.569. The van der Waals surface area contributed by atoms with E-state index in [1.807, 2.05) is 12.1 Å². The minimum atomic E-state index is 0.569. The first-order valence-electron chi connectivity index (χ1n) is 7.29. The number of aromatic nitrogens is 1. The Morgan fingerprint density at radius 1 is 1.35 bits per heavy atom. The third-order valence-electron chi connectivity index (χ3n) is 4.51. The summed E-state index contributed by atoms with van der Waals surface area (Å²) in [5, 5.41) is 4.71. The highest BCUT2D eigenvalue weighted by Crippen LogP contribution is 2.33. The summed E-state index contributed by atoms with van der Waals surface area (Å²) in [4.78, 5) is 7.32. The van der Waals surface area contributed by atoms with E-state index in [0.29, 0.717) is 6.04 Å². The highest BCUT2D eigenvalue weighted by molar-refractivity contribution is 7.22. The number of methoxy groups -OCH3 is 1. The molecule has 2 atom stereocenters. The van der Waals surface area contributed by atoms with E-state index in [9.17, 15) is 0 Å². The number of hydrogen-bond acceptors (Lipinski definition) is 5. The van der Waals surface area contributed by atoms with E-state index < -0.39 is 0 Å². The monoisotopic (exact) mass is 289 g/mol. The first-order chi connectivity index (χ1) is 9.83. The lowest BCUT2D eigenvalue weighted by Crippen LogP contribution is -2.33. The van der Waals surface area contributed by atoms with Gasteiger partial charge in [-0.3, -0.25) is 4.90 Å². The van der Waals surface area contributed by atoms with Crippen LogP contribution in [0.3, 0.4) is 0 Å². The molecular weight excluding hydrogens is 270 g/mol. The van der Waals surface area contributed by atoms with Gasteiger partial charge in [-0.1, -0.05) is 11.3 Å². The maximum Gasteiger partial charge on any atom is 0.184 e. The molecule has 0 spiro atoms. The predicted molar refractivity (Wildman–Crippen MR) is 82.8 cm³/mol. The minimum Gasteiger partial charge on any atom is -0.497 e. The van der Waals surface area contributed by atoms with E-state index in [0.717, 1.165) is 22.4 Å². The number of fused-ring (bicyclic) bond motifs is 2. The average molecular weight is 289 g/mol. The van der Waals surface area contributed by atoms with Gasteiger partial charge in [0.1, 0.15) is 5.75 Å². The summed E-state index contributed by atoms with van der Waals surface area (Å²) in [7, 11) is 1.70. The van der Waals surface area contributed by atoms with Crippen LogP contribution in [-0.4, -0.2) is 42.2 Å². The smallest absolute Gasteiger partial charge is 0.184 e. The summed E-state index contributed by atoms with van der Waals surface area (Å²) < 4.78 is 6.46. The van der Waals surface area contributed by atoms with E-state index in [1.165, 1.54) is 37.1 Å². The molecule has 0 aliphatic carbocycles. The summed E-state index contributed by atoms with van der Waals surface area (Å²) in [6.07, 6.45) is 3.92. The lowest BCUT2D eigenvalue weighted by atomic mass is 10.1. The Bertz CT molecular complexity index is 627. The Kier molecular flexibility index (Phi) is 3.04. The van der Waals surface area contributed by atoms with Gasteiger partial charge in [0.15, 0.2) is 5.13 Å². The fourth-order valence-electron chi connectivity index (χ4n) is 3.50. The van der Waals surface area contributed by atoms with Gasteiger partial charge in [-0.05, 0) is 44.0 Å². The number of ether oxygens (including phenoxy) is 1. The zero-order chi connectivity index (χ0) is 13.5. The molecule has 1 N–H and O–H groups in total. The zero-order valence-corrected chi connectivity index (χ0v) is 12.4. The second-order valence-electron chi connectivity index (χ2n) is 5.64. The molecule has 3 heterocycles. The molecule has 1 aromatic heterocycles. The summed E-state index contributed by atoms with van der Waals surface area (Å²) in [5.74, 6) is 0.899. The number of nitrogens with zero attached hydrogens (tertiary/aromatic N) is 2.